The molecule has 1 N–H and O–H groups in total. The summed E-state index contributed by atoms with van der Waals surface area (Å²) in [5, 5.41) is 12.2. The van der Waals surface area contributed by atoms with Gasteiger partial charge in [-0.3, -0.25) is 5.10 Å². The van der Waals surface area contributed by atoms with Gasteiger partial charge < -0.3 is 0 Å². The molecule has 1 saturated carbocycles. The zero-order chi connectivity index (χ0) is 13.4. The molecule has 102 valence electrons. The Morgan fingerprint density at radius 1 is 1.25 bits per heavy atom. The Labute approximate surface area is 124 Å². The summed E-state index contributed by atoms with van der Waals surface area (Å²) in [5.74, 6) is 1.59. The molecule has 20 heavy (non-hydrogen) atoms. The van der Waals surface area contributed by atoms with E-state index in [-0.39, 0.29) is 0 Å². The topological polar surface area (TPSA) is 67.3 Å². The van der Waals surface area contributed by atoms with Gasteiger partial charge in [0.2, 0.25) is 5.16 Å². The molecule has 0 aromatic carbocycles. The minimum Gasteiger partial charge on any atom is -0.262 e. The second-order valence-electron chi connectivity index (χ2n) is 4.90. The van der Waals surface area contributed by atoms with Gasteiger partial charge in [0.05, 0.1) is 0 Å². The lowest BCUT2D eigenvalue weighted by Gasteiger charge is -2.01. The summed E-state index contributed by atoms with van der Waals surface area (Å²) in [5.41, 5.74) is 0. The van der Waals surface area contributed by atoms with Gasteiger partial charge in [0.1, 0.15) is 22.0 Å². The van der Waals surface area contributed by atoms with E-state index in [1.165, 1.54) is 37.4 Å². The molecule has 1 aliphatic carbocycles. The average molecular weight is 303 g/mol. The van der Waals surface area contributed by atoms with Gasteiger partial charge in [0.15, 0.2) is 0 Å². The number of fused-ring (bicyclic) bond motifs is 1. The van der Waals surface area contributed by atoms with Crippen LogP contribution in [0.3, 0.4) is 0 Å². The van der Waals surface area contributed by atoms with Crippen LogP contribution in [0.2, 0.25) is 0 Å². The van der Waals surface area contributed by atoms with Crippen molar-refractivity contribution in [3.8, 4) is 0 Å². The van der Waals surface area contributed by atoms with E-state index in [0.717, 1.165) is 26.2 Å². The van der Waals surface area contributed by atoms with Crippen molar-refractivity contribution >= 4 is 33.3 Å². The highest BCUT2D eigenvalue weighted by molar-refractivity contribution is 7.99. The van der Waals surface area contributed by atoms with Crippen molar-refractivity contribution in [1.82, 2.24) is 25.1 Å². The molecule has 0 bridgehead atoms. The number of rotatable bonds is 3. The largest absolute Gasteiger partial charge is 0.262 e. The summed E-state index contributed by atoms with van der Waals surface area (Å²) in [4.78, 5) is 14.2. The number of hydrogen-bond donors (Lipinski definition) is 1. The summed E-state index contributed by atoms with van der Waals surface area (Å²) in [6.07, 6.45) is 6.65. The highest BCUT2D eigenvalue weighted by Gasteiger charge is 2.21. The first kappa shape index (κ1) is 12.3. The molecule has 1 aliphatic rings. The first-order chi connectivity index (χ1) is 9.90. The average Bonchev–Trinajstić information content (AvgIpc) is 3.20. The summed E-state index contributed by atoms with van der Waals surface area (Å²) in [6.45, 7) is 0. The van der Waals surface area contributed by atoms with Gasteiger partial charge in [0.25, 0.3) is 0 Å². The third-order valence-electron chi connectivity index (χ3n) is 3.64. The van der Waals surface area contributed by atoms with Crippen molar-refractivity contribution in [2.75, 3.05) is 0 Å². The minimum absolute atomic E-state index is 0.559. The van der Waals surface area contributed by atoms with E-state index in [1.807, 2.05) is 11.4 Å². The fourth-order valence-electron chi connectivity index (χ4n) is 2.62. The maximum Gasteiger partial charge on any atom is 0.214 e. The molecule has 0 atom stereocenters. The van der Waals surface area contributed by atoms with Gasteiger partial charge in [-0.05, 0) is 36.0 Å². The van der Waals surface area contributed by atoms with Gasteiger partial charge in [-0.2, -0.15) is 0 Å². The molecule has 3 heterocycles. The molecule has 3 aromatic rings. The Hall–Kier alpha value is -1.47. The van der Waals surface area contributed by atoms with Crippen molar-refractivity contribution in [3.63, 3.8) is 0 Å². The van der Waals surface area contributed by atoms with Crippen LogP contribution in [0.1, 0.15) is 37.4 Å². The van der Waals surface area contributed by atoms with Crippen LogP contribution in [0.25, 0.3) is 10.2 Å². The van der Waals surface area contributed by atoms with Gasteiger partial charge >= 0.3 is 0 Å². The van der Waals surface area contributed by atoms with E-state index in [4.69, 9.17) is 0 Å². The Morgan fingerprint density at radius 3 is 3.05 bits per heavy atom. The molecular formula is C13H13N5S2. The number of nitrogens with zero attached hydrogens (tertiary/aromatic N) is 4. The van der Waals surface area contributed by atoms with Crippen LogP contribution in [0.4, 0.5) is 0 Å². The fourth-order valence-corrected chi connectivity index (χ4v) is 4.20. The Morgan fingerprint density at radius 2 is 2.15 bits per heavy atom. The molecule has 0 radical (unpaired) electrons. The van der Waals surface area contributed by atoms with Crippen LogP contribution in [-0.4, -0.2) is 25.1 Å². The van der Waals surface area contributed by atoms with Crippen molar-refractivity contribution < 1.29 is 0 Å². The van der Waals surface area contributed by atoms with Crippen LogP contribution in [-0.2, 0) is 0 Å². The Balaban J connectivity index is 1.61. The molecule has 1 fully saturated rings. The summed E-state index contributed by atoms with van der Waals surface area (Å²) < 4.78 is 0. The Bertz CT molecular complexity index is 729. The molecule has 0 aliphatic heterocycles. The monoisotopic (exact) mass is 303 g/mol. The van der Waals surface area contributed by atoms with Gasteiger partial charge in [0, 0.05) is 11.3 Å². The maximum atomic E-state index is 4.62. The van der Waals surface area contributed by atoms with E-state index in [9.17, 15) is 0 Å². The van der Waals surface area contributed by atoms with Crippen molar-refractivity contribution in [2.45, 2.75) is 41.8 Å². The van der Waals surface area contributed by atoms with Crippen molar-refractivity contribution in [3.05, 3.63) is 23.6 Å². The Kier molecular flexibility index (Phi) is 3.16. The fraction of sp³-hybridized carbons (Fsp3) is 0.385. The van der Waals surface area contributed by atoms with E-state index in [0.29, 0.717) is 5.92 Å². The maximum absolute atomic E-state index is 4.62. The normalized spacial score (nSPS) is 16.2. The third kappa shape index (κ3) is 2.20. The first-order valence-corrected chi connectivity index (χ1v) is 8.38. The molecule has 0 unspecified atom stereocenters. The van der Waals surface area contributed by atoms with Gasteiger partial charge in [-0.15, -0.1) is 16.4 Å². The van der Waals surface area contributed by atoms with Gasteiger partial charge in [-0.25, -0.2) is 15.0 Å². The zero-order valence-corrected chi connectivity index (χ0v) is 12.4. The second-order valence-corrected chi connectivity index (χ2v) is 6.76. The molecule has 4 rings (SSSR count). The van der Waals surface area contributed by atoms with E-state index in [2.05, 4.69) is 25.1 Å². The zero-order valence-electron chi connectivity index (χ0n) is 10.7. The van der Waals surface area contributed by atoms with E-state index >= 15 is 0 Å². The quantitative estimate of drug-likeness (QED) is 0.748. The number of hydrogen-bond acceptors (Lipinski definition) is 6. The predicted octanol–water partition coefficient (Wildman–Crippen LogP) is 3.62. The SMILES string of the molecule is c1nc(Sc2n[nH]c(C3CCCC3)n2)c2ccsc2n1. The number of aromatic nitrogens is 5. The van der Waals surface area contributed by atoms with Crippen LogP contribution in [0, 0.1) is 0 Å². The van der Waals surface area contributed by atoms with Crippen LogP contribution in [0.5, 0.6) is 0 Å². The van der Waals surface area contributed by atoms with Gasteiger partial charge in [-0.1, -0.05) is 12.8 Å². The highest BCUT2D eigenvalue weighted by atomic mass is 32.2. The standard InChI is InChI=1S/C13H13N5S2/c1-2-4-8(3-1)10-16-13(18-17-10)20-12-9-5-6-19-11(9)14-7-15-12/h5-8H,1-4H2,(H,16,17,18). The minimum atomic E-state index is 0.559. The summed E-state index contributed by atoms with van der Waals surface area (Å²) >= 11 is 3.13. The third-order valence-corrected chi connectivity index (χ3v) is 5.34. The lowest BCUT2D eigenvalue weighted by atomic mass is 10.1. The van der Waals surface area contributed by atoms with Crippen molar-refractivity contribution in [1.29, 1.82) is 0 Å². The van der Waals surface area contributed by atoms with E-state index in [1.54, 1.807) is 17.7 Å². The summed E-state index contributed by atoms with van der Waals surface area (Å²) in [6, 6.07) is 2.05. The predicted molar refractivity (Wildman–Crippen MR) is 79.1 cm³/mol. The molecule has 7 heteroatoms. The second kappa shape index (κ2) is 5.14. The molecule has 5 nitrogen and oxygen atoms in total. The highest BCUT2D eigenvalue weighted by Crippen LogP contribution is 2.34. The van der Waals surface area contributed by atoms with Crippen LogP contribution >= 0.6 is 23.1 Å². The molecule has 0 spiro atoms. The molecular weight excluding hydrogens is 290 g/mol. The van der Waals surface area contributed by atoms with Crippen LogP contribution in [0.15, 0.2) is 28.0 Å². The van der Waals surface area contributed by atoms with Crippen LogP contribution < -0.4 is 0 Å². The first-order valence-electron chi connectivity index (χ1n) is 6.68. The molecule has 0 saturated heterocycles. The molecule has 3 aromatic heterocycles. The number of nitrogens with one attached hydrogen (secondary N) is 1. The van der Waals surface area contributed by atoms with E-state index < -0.39 is 0 Å². The lowest BCUT2D eigenvalue weighted by molar-refractivity contribution is 0.671. The molecule has 0 amide bonds. The smallest absolute Gasteiger partial charge is 0.214 e. The number of H-pyrrole nitrogens is 1. The summed E-state index contributed by atoms with van der Waals surface area (Å²) in [7, 11) is 0. The van der Waals surface area contributed by atoms with Crippen molar-refractivity contribution in [2.24, 2.45) is 0 Å². The number of thiophene rings is 1. The lowest BCUT2D eigenvalue weighted by Crippen LogP contribution is -1.94. The number of aromatic amines is 1.